The summed E-state index contributed by atoms with van der Waals surface area (Å²) in [6.45, 7) is 5.16. The number of hydrogen-bond donors (Lipinski definition) is 1. The number of nitrogens with zero attached hydrogens (tertiary/aromatic N) is 2. The van der Waals surface area contributed by atoms with Crippen molar-refractivity contribution in [2.75, 3.05) is 33.7 Å². The molecule has 0 spiro atoms. The molecule has 64 valence electrons. The number of likely N-dealkylation sites (tertiary alicyclic amines) is 1. The Morgan fingerprint density at radius 3 is 2.45 bits per heavy atom. The van der Waals surface area contributed by atoms with Crippen LogP contribution < -0.4 is 0 Å². The van der Waals surface area contributed by atoms with E-state index in [0.29, 0.717) is 5.84 Å². The molecule has 1 rings (SSSR count). The summed E-state index contributed by atoms with van der Waals surface area (Å²) in [5.74, 6) is 1.49. The average molecular weight is 155 g/mol. The first-order valence-electron chi connectivity index (χ1n) is 4.04. The summed E-state index contributed by atoms with van der Waals surface area (Å²) in [4.78, 5) is 4.31. The minimum atomic E-state index is 0.708. The molecule has 11 heavy (non-hydrogen) atoms. The monoisotopic (exact) mass is 155 g/mol. The Bertz CT molecular complexity index is 147. The molecule has 0 radical (unpaired) electrons. The van der Waals surface area contributed by atoms with Gasteiger partial charge in [-0.3, -0.25) is 5.41 Å². The fraction of sp³-hybridized carbons (Fsp3) is 0.875. The molecule has 0 bridgehead atoms. The predicted octanol–water partition coefficient (Wildman–Crippen LogP) is 0.477. The second-order valence-electron chi connectivity index (χ2n) is 3.62. The molecule has 0 amide bonds. The summed E-state index contributed by atoms with van der Waals surface area (Å²) >= 11 is 0. The van der Waals surface area contributed by atoms with Gasteiger partial charge in [-0.25, -0.2) is 0 Å². The van der Waals surface area contributed by atoms with Gasteiger partial charge in [0.25, 0.3) is 0 Å². The maximum Gasteiger partial charge on any atom is 0.0926 e. The first-order valence-corrected chi connectivity index (χ1v) is 4.04. The van der Waals surface area contributed by atoms with Crippen LogP contribution in [0.2, 0.25) is 0 Å². The normalized spacial score (nSPS) is 18.7. The smallest absolute Gasteiger partial charge is 0.0926 e. The van der Waals surface area contributed by atoms with E-state index in [1.54, 1.807) is 0 Å². The molecule has 0 unspecified atom stereocenters. The van der Waals surface area contributed by atoms with Gasteiger partial charge >= 0.3 is 0 Å². The Kier molecular flexibility index (Phi) is 2.49. The zero-order valence-electron chi connectivity index (χ0n) is 7.59. The van der Waals surface area contributed by atoms with Crippen LogP contribution in [0.25, 0.3) is 0 Å². The van der Waals surface area contributed by atoms with Crippen molar-refractivity contribution in [2.45, 2.75) is 6.92 Å². The summed E-state index contributed by atoms with van der Waals surface area (Å²) < 4.78 is 0. The molecule has 0 atom stereocenters. The van der Waals surface area contributed by atoms with Crippen LogP contribution in [0.3, 0.4) is 0 Å². The number of nitrogens with one attached hydrogen (secondary N) is 1. The molecular weight excluding hydrogens is 138 g/mol. The van der Waals surface area contributed by atoms with Gasteiger partial charge in [0.2, 0.25) is 0 Å². The molecule has 1 heterocycles. The third-order valence-electron chi connectivity index (χ3n) is 2.05. The highest BCUT2D eigenvalue weighted by atomic mass is 15.2. The number of rotatable bonds is 2. The molecule has 3 nitrogen and oxygen atoms in total. The molecule has 1 aliphatic heterocycles. The maximum absolute atomic E-state index is 7.34. The summed E-state index contributed by atoms with van der Waals surface area (Å²) in [7, 11) is 4.19. The molecule has 1 fully saturated rings. The lowest BCUT2D eigenvalue weighted by molar-refractivity contribution is 0.148. The summed E-state index contributed by atoms with van der Waals surface area (Å²) in [6, 6.07) is 0. The summed E-state index contributed by atoms with van der Waals surface area (Å²) in [5.41, 5.74) is 0. The van der Waals surface area contributed by atoms with Crippen molar-refractivity contribution >= 4 is 5.84 Å². The lowest BCUT2D eigenvalue weighted by Gasteiger charge is -2.41. The van der Waals surface area contributed by atoms with E-state index in [2.05, 4.69) is 23.9 Å². The van der Waals surface area contributed by atoms with E-state index >= 15 is 0 Å². The van der Waals surface area contributed by atoms with Crippen LogP contribution >= 0.6 is 0 Å². The van der Waals surface area contributed by atoms with Crippen LogP contribution in [0.15, 0.2) is 0 Å². The third-order valence-corrected chi connectivity index (χ3v) is 2.05. The van der Waals surface area contributed by atoms with Gasteiger partial charge in [-0.15, -0.1) is 0 Å². The lowest BCUT2D eigenvalue weighted by atomic mass is 10.00. The van der Waals surface area contributed by atoms with Crippen molar-refractivity contribution < 1.29 is 0 Å². The molecule has 1 saturated heterocycles. The van der Waals surface area contributed by atoms with Crippen molar-refractivity contribution in [1.82, 2.24) is 9.80 Å². The number of hydrogen-bond acceptors (Lipinski definition) is 2. The first kappa shape index (κ1) is 8.53. The Morgan fingerprint density at radius 2 is 2.09 bits per heavy atom. The molecule has 3 heteroatoms. The van der Waals surface area contributed by atoms with E-state index in [1.165, 1.54) is 0 Å². The summed E-state index contributed by atoms with van der Waals surface area (Å²) in [5, 5.41) is 7.34. The molecule has 1 aliphatic rings. The fourth-order valence-corrected chi connectivity index (χ4v) is 1.48. The summed E-state index contributed by atoms with van der Waals surface area (Å²) in [6.07, 6.45) is 0. The van der Waals surface area contributed by atoms with E-state index in [-0.39, 0.29) is 0 Å². The van der Waals surface area contributed by atoms with E-state index in [1.807, 2.05) is 6.92 Å². The van der Waals surface area contributed by atoms with Gasteiger partial charge in [-0.2, -0.15) is 0 Å². The zero-order valence-corrected chi connectivity index (χ0v) is 7.59. The maximum atomic E-state index is 7.34. The number of amidine groups is 1. The van der Waals surface area contributed by atoms with Crippen molar-refractivity contribution in [3.8, 4) is 0 Å². The Morgan fingerprint density at radius 1 is 1.55 bits per heavy atom. The van der Waals surface area contributed by atoms with Crippen LogP contribution in [0.1, 0.15) is 6.92 Å². The second kappa shape index (κ2) is 3.22. The van der Waals surface area contributed by atoms with Crippen LogP contribution in [0.4, 0.5) is 0 Å². The van der Waals surface area contributed by atoms with Gasteiger partial charge in [-0.1, -0.05) is 0 Å². The van der Waals surface area contributed by atoms with Crippen molar-refractivity contribution in [1.29, 1.82) is 5.41 Å². The molecule has 0 aliphatic carbocycles. The van der Waals surface area contributed by atoms with E-state index in [9.17, 15) is 0 Å². The van der Waals surface area contributed by atoms with E-state index in [0.717, 1.165) is 25.6 Å². The average Bonchev–Trinajstić information content (AvgIpc) is 1.75. The minimum absolute atomic E-state index is 0.708. The molecule has 0 aromatic carbocycles. The van der Waals surface area contributed by atoms with Crippen LogP contribution in [-0.4, -0.2) is 49.4 Å². The first-order chi connectivity index (χ1) is 5.09. The Hall–Kier alpha value is -0.570. The van der Waals surface area contributed by atoms with Crippen molar-refractivity contribution in [3.05, 3.63) is 0 Å². The van der Waals surface area contributed by atoms with Gasteiger partial charge in [0.15, 0.2) is 0 Å². The topological polar surface area (TPSA) is 30.3 Å². The largest absolute Gasteiger partial charge is 0.360 e. The lowest BCUT2D eigenvalue weighted by Crippen LogP contribution is -2.52. The Labute approximate surface area is 68.5 Å². The standard InChI is InChI=1S/C8H17N3/c1-7(9)11-5-8(6-11)4-10(2)3/h8-9H,4-6H2,1-3H3. The van der Waals surface area contributed by atoms with Gasteiger partial charge in [0.1, 0.15) is 0 Å². The fourth-order valence-electron chi connectivity index (χ4n) is 1.48. The highest BCUT2D eigenvalue weighted by molar-refractivity contribution is 5.77. The molecular formula is C8H17N3. The highest BCUT2D eigenvalue weighted by Crippen LogP contribution is 2.15. The van der Waals surface area contributed by atoms with Crippen LogP contribution in [0.5, 0.6) is 0 Å². The van der Waals surface area contributed by atoms with Crippen LogP contribution in [0, 0.1) is 11.3 Å². The molecule has 0 aromatic rings. The SMILES string of the molecule is CC(=N)N1CC(CN(C)C)C1. The van der Waals surface area contributed by atoms with Crippen molar-refractivity contribution in [3.63, 3.8) is 0 Å². The molecule has 0 saturated carbocycles. The van der Waals surface area contributed by atoms with Gasteiger partial charge in [-0.05, 0) is 21.0 Å². The van der Waals surface area contributed by atoms with Gasteiger partial charge in [0, 0.05) is 25.6 Å². The van der Waals surface area contributed by atoms with Gasteiger partial charge < -0.3 is 9.80 Å². The quantitative estimate of drug-likeness (QED) is 0.464. The molecule has 0 aromatic heterocycles. The van der Waals surface area contributed by atoms with Crippen LogP contribution in [-0.2, 0) is 0 Å². The Balaban J connectivity index is 2.14. The predicted molar refractivity (Wildman–Crippen MR) is 47.0 cm³/mol. The van der Waals surface area contributed by atoms with Gasteiger partial charge in [0.05, 0.1) is 5.84 Å². The van der Waals surface area contributed by atoms with E-state index < -0.39 is 0 Å². The van der Waals surface area contributed by atoms with E-state index in [4.69, 9.17) is 5.41 Å². The highest BCUT2D eigenvalue weighted by Gasteiger charge is 2.26. The zero-order chi connectivity index (χ0) is 8.43. The van der Waals surface area contributed by atoms with Crippen molar-refractivity contribution in [2.24, 2.45) is 5.92 Å². The minimum Gasteiger partial charge on any atom is -0.360 e. The second-order valence-corrected chi connectivity index (χ2v) is 3.62. The molecule has 1 N–H and O–H groups in total. The third kappa shape index (κ3) is 2.19.